The Morgan fingerprint density at radius 2 is 1.74 bits per heavy atom. The van der Waals surface area contributed by atoms with Gasteiger partial charge >= 0.3 is 0 Å². The average molecular weight is 395 g/mol. The number of rotatable bonds is 6. The number of methoxy groups -OCH3 is 2. The second kappa shape index (κ2) is 8.10. The van der Waals surface area contributed by atoms with Crippen molar-refractivity contribution >= 4 is 21.4 Å². The first-order chi connectivity index (χ1) is 12.5. The summed E-state index contributed by atoms with van der Waals surface area (Å²) < 4.78 is 17.0. The SMILES string of the molecule is COc1cc(N)c(C(=O)N2CCCC2C(C)(C)O[SiH2]C(C)(C)C)cc1OC. The second-order valence-corrected chi connectivity index (χ2v) is 11.6. The molecule has 1 unspecified atom stereocenters. The summed E-state index contributed by atoms with van der Waals surface area (Å²) in [4.78, 5) is 15.2. The molecular weight excluding hydrogens is 360 g/mol. The molecule has 1 saturated heterocycles. The zero-order valence-electron chi connectivity index (χ0n) is 17.7. The third kappa shape index (κ3) is 4.96. The van der Waals surface area contributed by atoms with Gasteiger partial charge in [-0.25, -0.2) is 0 Å². The van der Waals surface area contributed by atoms with Gasteiger partial charge in [0.15, 0.2) is 21.3 Å². The summed E-state index contributed by atoms with van der Waals surface area (Å²) >= 11 is 0. The number of nitrogen functional groups attached to an aromatic ring is 1. The highest BCUT2D eigenvalue weighted by molar-refractivity contribution is 6.31. The quantitative estimate of drug-likeness (QED) is 0.593. The molecule has 7 heteroatoms. The molecule has 0 saturated carbocycles. The monoisotopic (exact) mass is 394 g/mol. The first-order valence-corrected chi connectivity index (χ1v) is 10.7. The van der Waals surface area contributed by atoms with Gasteiger partial charge in [-0.3, -0.25) is 4.79 Å². The van der Waals surface area contributed by atoms with E-state index in [9.17, 15) is 4.79 Å². The molecule has 0 bridgehead atoms. The molecule has 1 aliphatic rings. The minimum absolute atomic E-state index is 0.0346. The van der Waals surface area contributed by atoms with Gasteiger partial charge in [0.25, 0.3) is 5.91 Å². The van der Waals surface area contributed by atoms with Crippen LogP contribution in [0.1, 0.15) is 57.8 Å². The Labute approximate surface area is 165 Å². The summed E-state index contributed by atoms with van der Waals surface area (Å²) in [5.41, 5.74) is 6.62. The number of carbonyl (C=O) groups is 1. The lowest BCUT2D eigenvalue weighted by Gasteiger charge is -2.40. The summed E-state index contributed by atoms with van der Waals surface area (Å²) in [6.07, 6.45) is 1.90. The lowest BCUT2D eigenvalue weighted by molar-refractivity contribution is 0.0179. The van der Waals surface area contributed by atoms with Gasteiger partial charge in [0, 0.05) is 18.3 Å². The number of ether oxygens (including phenoxy) is 2. The van der Waals surface area contributed by atoms with E-state index in [1.54, 1.807) is 26.4 Å². The normalized spacial score (nSPS) is 18.3. The van der Waals surface area contributed by atoms with Crippen LogP contribution in [-0.4, -0.2) is 53.0 Å². The maximum absolute atomic E-state index is 13.3. The van der Waals surface area contributed by atoms with Crippen molar-refractivity contribution in [2.45, 2.75) is 64.1 Å². The predicted octanol–water partition coefficient (Wildman–Crippen LogP) is 2.99. The van der Waals surface area contributed by atoms with Gasteiger partial charge in [-0.1, -0.05) is 20.8 Å². The van der Waals surface area contributed by atoms with Crippen LogP contribution in [0, 0.1) is 0 Å². The number of hydrogen-bond donors (Lipinski definition) is 1. The molecule has 27 heavy (non-hydrogen) atoms. The third-order valence-corrected chi connectivity index (χ3v) is 6.73. The van der Waals surface area contributed by atoms with E-state index >= 15 is 0 Å². The largest absolute Gasteiger partial charge is 0.493 e. The molecule has 1 amide bonds. The van der Waals surface area contributed by atoms with E-state index in [1.165, 1.54) is 0 Å². The first-order valence-electron chi connectivity index (χ1n) is 9.46. The summed E-state index contributed by atoms with van der Waals surface area (Å²) in [7, 11) is 2.38. The minimum atomic E-state index is -0.724. The maximum atomic E-state index is 13.3. The maximum Gasteiger partial charge on any atom is 0.256 e. The van der Waals surface area contributed by atoms with E-state index in [1.807, 2.05) is 4.90 Å². The summed E-state index contributed by atoms with van der Waals surface area (Å²) in [5.74, 6) is 0.941. The van der Waals surface area contributed by atoms with Crippen molar-refractivity contribution in [3.63, 3.8) is 0 Å². The molecule has 0 aliphatic carbocycles. The van der Waals surface area contributed by atoms with Gasteiger partial charge < -0.3 is 24.5 Å². The molecule has 1 atom stereocenters. The molecule has 2 N–H and O–H groups in total. The fourth-order valence-corrected chi connectivity index (χ4v) is 4.46. The molecule has 1 aromatic carbocycles. The van der Waals surface area contributed by atoms with E-state index < -0.39 is 9.76 Å². The molecule has 1 heterocycles. The number of hydrogen-bond acceptors (Lipinski definition) is 5. The number of likely N-dealkylation sites (tertiary alicyclic amines) is 1. The van der Waals surface area contributed by atoms with Crippen LogP contribution in [-0.2, 0) is 4.43 Å². The Bertz CT molecular complexity index is 685. The van der Waals surface area contributed by atoms with Gasteiger partial charge in [-0.05, 0) is 37.8 Å². The van der Waals surface area contributed by atoms with Crippen molar-refractivity contribution < 1.29 is 18.7 Å². The number of nitrogens with two attached hydrogens (primary N) is 1. The lowest BCUT2D eigenvalue weighted by Crippen LogP contribution is -2.51. The van der Waals surface area contributed by atoms with Gasteiger partial charge in [0.2, 0.25) is 0 Å². The van der Waals surface area contributed by atoms with Crippen molar-refractivity contribution in [1.29, 1.82) is 0 Å². The van der Waals surface area contributed by atoms with Crippen LogP contribution in [0.25, 0.3) is 0 Å². The van der Waals surface area contributed by atoms with Crippen LogP contribution in [0.15, 0.2) is 12.1 Å². The third-order valence-electron chi connectivity index (χ3n) is 4.98. The van der Waals surface area contributed by atoms with E-state index in [4.69, 9.17) is 19.6 Å². The Morgan fingerprint density at radius 3 is 2.30 bits per heavy atom. The van der Waals surface area contributed by atoms with Crippen LogP contribution in [0.2, 0.25) is 5.04 Å². The number of amides is 1. The highest BCUT2D eigenvalue weighted by atomic mass is 28.2. The zero-order chi connectivity index (χ0) is 20.4. The van der Waals surface area contributed by atoms with E-state index in [2.05, 4.69) is 34.6 Å². The standard InChI is InChI=1S/C20H34N2O4Si/c1-19(2,3)27-26-20(4,5)17-9-8-10-22(17)18(23)13-11-15(24-6)16(25-7)12-14(13)21/h11-12,17H,8-10,21,27H2,1-7H3. The van der Waals surface area contributed by atoms with Crippen LogP contribution >= 0.6 is 0 Å². The van der Waals surface area contributed by atoms with Crippen molar-refractivity contribution in [3.05, 3.63) is 17.7 Å². The Kier molecular flexibility index (Phi) is 6.47. The van der Waals surface area contributed by atoms with E-state index in [0.29, 0.717) is 29.3 Å². The Morgan fingerprint density at radius 1 is 1.15 bits per heavy atom. The summed E-state index contributed by atoms with van der Waals surface area (Å²) in [6, 6.07) is 3.35. The molecule has 0 aromatic heterocycles. The topological polar surface area (TPSA) is 74.0 Å². The molecule has 1 fully saturated rings. The van der Waals surface area contributed by atoms with E-state index in [-0.39, 0.29) is 22.6 Å². The molecule has 0 spiro atoms. The highest BCUT2D eigenvalue weighted by Gasteiger charge is 2.41. The zero-order valence-corrected chi connectivity index (χ0v) is 19.1. The molecular formula is C20H34N2O4Si. The first kappa shape index (κ1) is 21.6. The Hall–Kier alpha value is -1.73. The van der Waals surface area contributed by atoms with Crippen molar-refractivity contribution in [2.75, 3.05) is 26.5 Å². The summed E-state index contributed by atoms with van der Waals surface area (Å²) in [6.45, 7) is 11.5. The Balaban J connectivity index is 2.27. The van der Waals surface area contributed by atoms with Gasteiger partial charge in [0.1, 0.15) is 0 Å². The van der Waals surface area contributed by atoms with Crippen molar-refractivity contribution in [3.8, 4) is 11.5 Å². The lowest BCUT2D eigenvalue weighted by atomic mass is 9.96. The highest BCUT2D eigenvalue weighted by Crippen LogP contribution is 2.36. The minimum Gasteiger partial charge on any atom is -0.493 e. The molecule has 6 nitrogen and oxygen atoms in total. The molecule has 1 aliphatic heterocycles. The second-order valence-electron chi connectivity index (χ2n) is 8.90. The van der Waals surface area contributed by atoms with Crippen LogP contribution in [0.3, 0.4) is 0 Å². The summed E-state index contributed by atoms with van der Waals surface area (Å²) in [5, 5.41) is 0.207. The van der Waals surface area contributed by atoms with Gasteiger partial charge in [-0.15, -0.1) is 0 Å². The molecule has 152 valence electrons. The predicted molar refractivity (Wildman–Crippen MR) is 111 cm³/mol. The van der Waals surface area contributed by atoms with Crippen molar-refractivity contribution in [2.24, 2.45) is 0 Å². The smallest absolute Gasteiger partial charge is 0.256 e. The van der Waals surface area contributed by atoms with Crippen LogP contribution in [0.4, 0.5) is 5.69 Å². The van der Waals surface area contributed by atoms with Crippen LogP contribution in [0.5, 0.6) is 11.5 Å². The fourth-order valence-electron chi connectivity index (χ4n) is 3.47. The van der Waals surface area contributed by atoms with Gasteiger partial charge in [-0.2, -0.15) is 0 Å². The molecule has 2 rings (SSSR count). The average Bonchev–Trinajstić information content (AvgIpc) is 3.09. The van der Waals surface area contributed by atoms with Crippen LogP contribution < -0.4 is 15.2 Å². The van der Waals surface area contributed by atoms with Crippen molar-refractivity contribution in [1.82, 2.24) is 4.90 Å². The van der Waals surface area contributed by atoms with E-state index in [0.717, 1.165) is 12.8 Å². The molecule has 1 aromatic rings. The molecule has 0 radical (unpaired) electrons. The van der Waals surface area contributed by atoms with Gasteiger partial charge in [0.05, 0.1) is 31.4 Å². The number of benzene rings is 1. The number of carbonyl (C=O) groups excluding carboxylic acids is 1. The fraction of sp³-hybridized carbons (Fsp3) is 0.650. The number of nitrogens with zero attached hydrogens (tertiary/aromatic N) is 1. The number of anilines is 1.